The molecule has 0 atom stereocenters. The second-order valence-electron chi connectivity index (χ2n) is 3.97. The Kier molecular flexibility index (Phi) is 4.15. The number of nitrogens with zero attached hydrogens (tertiary/aromatic N) is 2. The molecule has 2 rings (SSSR count). The molecule has 1 aromatic heterocycles. The number of unbranched alkanes of at least 4 members (excludes halogenated alkanes) is 1. The molecule has 0 aliphatic carbocycles. The van der Waals surface area contributed by atoms with Crippen LogP contribution in [-0.2, 0) is 4.79 Å². The van der Waals surface area contributed by atoms with E-state index in [4.69, 9.17) is 0 Å². The van der Waals surface area contributed by atoms with Crippen molar-refractivity contribution in [2.24, 2.45) is 0 Å². The fourth-order valence-electron chi connectivity index (χ4n) is 1.62. The Morgan fingerprint density at radius 1 is 1.44 bits per heavy atom. The molecule has 0 radical (unpaired) electrons. The van der Waals surface area contributed by atoms with Gasteiger partial charge in [-0.1, -0.05) is 19.4 Å². The Hall–Kier alpha value is -1.62. The average molecular weight is 262 g/mol. The van der Waals surface area contributed by atoms with Crippen molar-refractivity contribution in [3.63, 3.8) is 0 Å². The highest BCUT2D eigenvalue weighted by Crippen LogP contribution is 2.32. The Bertz CT molecular complexity index is 485. The number of carbonyl (C=O) groups excluding carboxylic acids is 2. The zero-order valence-corrected chi connectivity index (χ0v) is 10.9. The monoisotopic (exact) mass is 262 g/mol. The van der Waals surface area contributed by atoms with E-state index in [1.807, 2.05) is 13.0 Å². The van der Waals surface area contributed by atoms with Gasteiger partial charge in [0.2, 0.25) is 0 Å². The van der Waals surface area contributed by atoms with Gasteiger partial charge in [-0.25, -0.2) is 0 Å². The van der Waals surface area contributed by atoms with Crippen molar-refractivity contribution in [1.29, 1.82) is 0 Å². The van der Waals surface area contributed by atoms with Crippen LogP contribution in [0.1, 0.15) is 25.3 Å². The van der Waals surface area contributed by atoms with Crippen LogP contribution in [0.25, 0.3) is 6.08 Å². The fraction of sp³-hybridized carbons (Fsp3) is 0.308. The van der Waals surface area contributed by atoms with Crippen molar-refractivity contribution in [3.05, 3.63) is 35.0 Å². The highest BCUT2D eigenvalue weighted by Gasteiger charge is 2.34. The van der Waals surface area contributed by atoms with Gasteiger partial charge >= 0.3 is 0 Å². The molecule has 0 unspecified atom stereocenters. The predicted octanol–water partition coefficient (Wildman–Crippen LogP) is 2.92. The van der Waals surface area contributed by atoms with Gasteiger partial charge in [0.1, 0.15) is 0 Å². The van der Waals surface area contributed by atoms with Crippen LogP contribution >= 0.6 is 11.8 Å². The molecule has 0 saturated carbocycles. The first-order valence-electron chi connectivity index (χ1n) is 5.87. The van der Waals surface area contributed by atoms with Gasteiger partial charge in [0, 0.05) is 18.9 Å². The maximum Gasteiger partial charge on any atom is 0.293 e. The molecule has 1 saturated heterocycles. The molecular formula is C13H14N2O2S. The molecule has 0 spiro atoms. The Labute approximate surface area is 110 Å². The average Bonchev–Trinajstić information content (AvgIpc) is 2.64. The maximum absolute atomic E-state index is 12.0. The topological polar surface area (TPSA) is 50.3 Å². The van der Waals surface area contributed by atoms with Crippen molar-refractivity contribution in [3.8, 4) is 0 Å². The lowest BCUT2D eigenvalue weighted by Gasteiger charge is -2.10. The summed E-state index contributed by atoms with van der Waals surface area (Å²) in [4.78, 5) is 29.5. The number of rotatable bonds is 4. The van der Waals surface area contributed by atoms with E-state index in [1.165, 1.54) is 4.90 Å². The Morgan fingerprint density at radius 2 is 2.28 bits per heavy atom. The highest BCUT2D eigenvalue weighted by atomic mass is 32.2. The lowest BCUT2D eigenvalue weighted by Crippen LogP contribution is -2.29. The SMILES string of the molecule is CCCCN1C(=O)SC(=Cc2cccnc2)C1=O. The number of carbonyl (C=O) groups is 2. The molecule has 5 heteroatoms. The third-order valence-corrected chi connectivity index (χ3v) is 3.50. The minimum Gasteiger partial charge on any atom is -0.268 e. The van der Waals surface area contributed by atoms with Gasteiger partial charge < -0.3 is 0 Å². The van der Waals surface area contributed by atoms with Crippen molar-refractivity contribution in [2.45, 2.75) is 19.8 Å². The highest BCUT2D eigenvalue weighted by molar-refractivity contribution is 8.18. The van der Waals surface area contributed by atoms with Crippen molar-refractivity contribution in [1.82, 2.24) is 9.88 Å². The van der Waals surface area contributed by atoms with E-state index in [-0.39, 0.29) is 11.1 Å². The Morgan fingerprint density at radius 3 is 2.94 bits per heavy atom. The van der Waals surface area contributed by atoms with Gasteiger partial charge in [-0.2, -0.15) is 0 Å². The maximum atomic E-state index is 12.0. The standard InChI is InChI=1S/C13H14N2O2S/c1-2-3-7-15-12(16)11(18-13(15)17)8-10-5-4-6-14-9-10/h4-6,8-9H,2-3,7H2,1H3. The summed E-state index contributed by atoms with van der Waals surface area (Å²) in [7, 11) is 0. The van der Waals surface area contributed by atoms with Crippen LogP contribution in [0.4, 0.5) is 4.79 Å². The molecular weight excluding hydrogens is 248 g/mol. The summed E-state index contributed by atoms with van der Waals surface area (Å²) in [6.45, 7) is 2.54. The van der Waals surface area contributed by atoms with Crippen LogP contribution in [-0.4, -0.2) is 27.6 Å². The third-order valence-electron chi connectivity index (χ3n) is 2.59. The molecule has 2 amide bonds. The van der Waals surface area contributed by atoms with Crippen LogP contribution in [0, 0.1) is 0 Å². The molecule has 1 aliphatic rings. The first kappa shape index (κ1) is 12.8. The molecule has 0 bridgehead atoms. The predicted molar refractivity (Wildman–Crippen MR) is 71.8 cm³/mol. The molecule has 2 heterocycles. The number of pyridine rings is 1. The summed E-state index contributed by atoms with van der Waals surface area (Å²) in [6, 6.07) is 3.65. The first-order valence-corrected chi connectivity index (χ1v) is 6.69. The second-order valence-corrected chi connectivity index (χ2v) is 4.97. The molecule has 94 valence electrons. The number of amides is 2. The number of hydrogen-bond donors (Lipinski definition) is 0. The number of thioether (sulfide) groups is 1. The summed E-state index contributed by atoms with van der Waals surface area (Å²) in [5.41, 5.74) is 0.832. The van der Waals surface area contributed by atoms with Crippen LogP contribution < -0.4 is 0 Å². The summed E-state index contributed by atoms with van der Waals surface area (Å²) >= 11 is 0.998. The molecule has 1 aromatic rings. The summed E-state index contributed by atoms with van der Waals surface area (Å²) in [6.07, 6.45) is 6.86. The van der Waals surface area contributed by atoms with Gasteiger partial charge in [-0.05, 0) is 35.9 Å². The van der Waals surface area contributed by atoms with E-state index in [0.717, 1.165) is 30.2 Å². The molecule has 0 aromatic carbocycles. The van der Waals surface area contributed by atoms with Gasteiger partial charge in [0.05, 0.1) is 4.91 Å². The van der Waals surface area contributed by atoms with E-state index in [1.54, 1.807) is 24.5 Å². The minimum atomic E-state index is -0.192. The number of imide groups is 1. The normalized spacial score (nSPS) is 17.8. The van der Waals surface area contributed by atoms with Gasteiger partial charge in [0.25, 0.3) is 11.1 Å². The van der Waals surface area contributed by atoms with Gasteiger partial charge in [-0.15, -0.1) is 0 Å². The van der Waals surface area contributed by atoms with Gasteiger partial charge in [0.15, 0.2) is 0 Å². The van der Waals surface area contributed by atoms with Gasteiger partial charge in [-0.3, -0.25) is 19.5 Å². The summed E-state index contributed by atoms with van der Waals surface area (Å²) < 4.78 is 0. The van der Waals surface area contributed by atoms with E-state index in [0.29, 0.717) is 11.4 Å². The minimum absolute atomic E-state index is 0.177. The van der Waals surface area contributed by atoms with E-state index in [2.05, 4.69) is 4.98 Å². The lowest BCUT2D eigenvalue weighted by molar-refractivity contribution is -0.122. The van der Waals surface area contributed by atoms with Crippen LogP contribution in [0.3, 0.4) is 0 Å². The second kappa shape index (κ2) is 5.82. The summed E-state index contributed by atoms with van der Waals surface area (Å²) in [5.74, 6) is -0.192. The molecule has 18 heavy (non-hydrogen) atoms. The molecule has 4 nitrogen and oxygen atoms in total. The largest absolute Gasteiger partial charge is 0.293 e. The van der Waals surface area contributed by atoms with Crippen LogP contribution in [0.15, 0.2) is 29.4 Å². The van der Waals surface area contributed by atoms with E-state index >= 15 is 0 Å². The zero-order chi connectivity index (χ0) is 13.0. The zero-order valence-electron chi connectivity index (χ0n) is 10.1. The summed E-state index contributed by atoms with van der Waals surface area (Å²) in [5, 5.41) is -0.177. The lowest BCUT2D eigenvalue weighted by atomic mass is 10.2. The molecule has 0 N–H and O–H groups in total. The van der Waals surface area contributed by atoms with E-state index in [9.17, 15) is 9.59 Å². The first-order chi connectivity index (χ1) is 8.72. The van der Waals surface area contributed by atoms with Crippen LogP contribution in [0.2, 0.25) is 0 Å². The van der Waals surface area contributed by atoms with Crippen LogP contribution in [0.5, 0.6) is 0 Å². The molecule has 1 aliphatic heterocycles. The van der Waals surface area contributed by atoms with Crippen molar-refractivity contribution in [2.75, 3.05) is 6.54 Å². The third kappa shape index (κ3) is 2.79. The quantitative estimate of drug-likeness (QED) is 0.783. The number of hydrogen-bond acceptors (Lipinski definition) is 4. The van der Waals surface area contributed by atoms with E-state index < -0.39 is 0 Å². The smallest absolute Gasteiger partial charge is 0.268 e. The number of aromatic nitrogens is 1. The van der Waals surface area contributed by atoms with Crippen molar-refractivity contribution < 1.29 is 9.59 Å². The Balaban J connectivity index is 2.15. The molecule has 1 fully saturated rings. The fourth-order valence-corrected chi connectivity index (χ4v) is 2.49. The van der Waals surface area contributed by atoms with Crippen molar-refractivity contribution >= 4 is 29.0 Å².